The van der Waals surface area contributed by atoms with E-state index in [0.29, 0.717) is 0 Å². The van der Waals surface area contributed by atoms with Crippen molar-refractivity contribution >= 4 is 23.1 Å². The van der Waals surface area contributed by atoms with E-state index >= 15 is 0 Å². The van der Waals surface area contributed by atoms with Crippen molar-refractivity contribution in [3.05, 3.63) is 29.0 Å². The van der Waals surface area contributed by atoms with Crippen LogP contribution < -0.4 is 0 Å². The number of aryl methyl sites for hydroxylation is 1. The number of H-pyrrole nitrogens is 1. The molecule has 0 radical (unpaired) electrons. The molecule has 2 rings (SSSR count). The first-order chi connectivity index (χ1) is 6.34. The first-order valence-corrected chi connectivity index (χ1v) is 5.74. The van der Waals surface area contributed by atoms with E-state index in [4.69, 9.17) is 0 Å². The van der Waals surface area contributed by atoms with Crippen LogP contribution in [0, 0.1) is 6.92 Å². The molecule has 0 saturated heterocycles. The van der Waals surface area contributed by atoms with Crippen LogP contribution in [-0.2, 0) is 5.75 Å². The van der Waals surface area contributed by atoms with Crippen molar-refractivity contribution in [2.45, 2.75) is 17.0 Å². The Morgan fingerprint density at radius 2 is 2.54 bits per heavy atom. The van der Waals surface area contributed by atoms with E-state index in [1.54, 1.807) is 29.3 Å². The average Bonchev–Trinajstić information content (AvgIpc) is 2.71. The number of nitrogens with zero attached hydrogens (tertiary/aromatic N) is 2. The first kappa shape index (κ1) is 8.77. The largest absolute Gasteiger partial charge is 0.282 e. The Balaban J connectivity index is 1.93. The Morgan fingerprint density at radius 1 is 1.62 bits per heavy atom. The highest BCUT2D eigenvalue weighted by Crippen LogP contribution is 2.24. The third kappa shape index (κ3) is 2.32. The minimum atomic E-state index is 0.910. The second-order valence-electron chi connectivity index (χ2n) is 2.63. The average molecular weight is 211 g/mol. The van der Waals surface area contributed by atoms with Gasteiger partial charge in [0.25, 0.3) is 0 Å². The normalized spacial score (nSPS) is 10.5. The van der Waals surface area contributed by atoms with Gasteiger partial charge in [-0.05, 0) is 13.0 Å². The molecule has 0 aliphatic carbocycles. The third-order valence-corrected chi connectivity index (χ3v) is 3.70. The van der Waals surface area contributed by atoms with Crippen LogP contribution in [0.2, 0.25) is 0 Å². The van der Waals surface area contributed by atoms with Crippen molar-refractivity contribution in [2.75, 3.05) is 0 Å². The van der Waals surface area contributed by atoms with Gasteiger partial charge in [-0.1, -0.05) is 11.8 Å². The van der Waals surface area contributed by atoms with Crippen LogP contribution in [0.25, 0.3) is 0 Å². The minimum absolute atomic E-state index is 0.910. The second kappa shape index (κ2) is 3.93. The molecule has 2 heterocycles. The number of thiazole rings is 1. The molecular weight excluding hydrogens is 202 g/mol. The van der Waals surface area contributed by atoms with Crippen molar-refractivity contribution in [3.63, 3.8) is 0 Å². The standard InChI is InChI=1S/C8H9N3S2/c1-6-4-12-8(10-6)13-5-7-2-3-9-11-7/h2-4H,5H2,1H3,(H,9,11). The van der Waals surface area contributed by atoms with Crippen molar-refractivity contribution < 1.29 is 0 Å². The minimum Gasteiger partial charge on any atom is -0.282 e. The van der Waals surface area contributed by atoms with Crippen LogP contribution in [0.15, 0.2) is 22.0 Å². The Hall–Kier alpha value is -0.810. The summed E-state index contributed by atoms with van der Waals surface area (Å²) in [6.45, 7) is 2.01. The van der Waals surface area contributed by atoms with Gasteiger partial charge in [-0.3, -0.25) is 5.10 Å². The summed E-state index contributed by atoms with van der Waals surface area (Å²) in [6.07, 6.45) is 1.77. The lowest BCUT2D eigenvalue weighted by Crippen LogP contribution is -1.80. The quantitative estimate of drug-likeness (QED) is 0.793. The molecule has 0 fully saturated rings. The molecule has 0 saturated carbocycles. The summed E-state index contributed by atoms with van der Waals surface area (Å²) in [5.74, 6) is 0.910. The highest BCUT2D eigenvalue weighted by Gasteiger charge is 2.00. The molecule has 0 spiro atoms. The zero-order valence-electron chi connectivity index (χ0n) is 7.15. The number of thioether (sulfide) groups is 1. The predicted octanol–water partition coefficient (Wildman–Crippen LogP) is 2.47. The fourth-order valence-corrected chi connectivity index (χ4v) is 2.67. The van der Waals surface area contributed by atoms with Crippen molar-refractivity contribution in [1.29, 1.82) is 0 Å². The van der Waals surface area contributed by atoms with E-state index < -0.39 is 0 Å². The fraction of sp³-hybridized carbons (Fsp3) is 0.250. The summed E-state index contributed by atoms with van der Waals surface area (Å²) in [6, 6.07) is 1.98. The second-order valence-corrected chi connectivity index (χ2v) is 4.71. The Kier molecular flexibility index (Phi) is 2.65. The molecule has 0 aliphatic heterocycles. The van der Waals surface area contributed by atoms with Gasteiger partial charge in [0.2, 0.25) is 0 Å². The number of rotatable bonds is 3. The zero-order chi connectivity index (χ0) is 9.10. The van der Waals surface area contributed by atoms with Gasteiger partial charge in [0.1, 0.15) is 4.34 Å². The molecule has 0 aromatic carbocycles. The smallest absolute Gasteiger partial charge is 0.150 e. The molecule has 0 bridgehead atoms. The SMILES string of the molecule is Cc1csc(SCc2ccn[nH]2)n1. The van der Waals surface area contributed by atoms with Crippen LogP contribution in [0.3, 0.4) is 0 Å². The van der Waals surface area contributed by atoms with Gasteiger partial charge in [0.15, 0.2) is 0 Å². The highest BCUT2D eigenvalue weighted by atomic mass is 32.2. The topological polar surface area (TPSA) is 41.6 Å². The van der Waals surface area contributed by atoms with Crippen molar-refractivity contribution in [1.82, 2.24) is 15.2 Å². The van der Waals surface area contributed by atoms with Crippen LogP contribution in [0.4, 0.5) is 0 Å². The molecule has 1 N–H and O–H groups in total. The lowest BCUT2D eigenvalue weighted by molar-refractivity contribution is 1.04. The molecule has 5 heteroatoms. The molecule has 13 heavy (non-hydrogen) atoms. The van der Waals surface area contributed by atoms with E-state index in [2.05, 4.69) is 20.6 Å². The van der Waals surface area contributed by atoms with E-state index in [1.165, 1.54) is 0 Å². The number of nitrogens with one attached hydrogen (secondary N) is 1. The maximum absolute atomic E-state index is 4.36. The number of aromatic amines is 1. The van der Waals surface area contributed by atoms with E-state index in [0.717, 1.165) is 21.5 Å². The fourth-order valence-electron chi connectivity index (χ4n) is 0.903. The van der Waals surface area contributed by atoms with E-state index in [1.807, 2.05) is 13.0 Å². The van der Waals surface area contributed by atoms with Gasteiger partial charge in [0, 0.05) is 28.7 Å². The summed E-state index contributed by atoms with van der Waals surface area (Å²) >= 11 is 3.42. The summed E-state index contributed by atoms with van der Waals surface area (Å²) in [5.41, 5.74) is 2.23. The van der Waals surface area contributed by atoms with Crippen LogP contribution in [0.1, 0.15) is 11.4 Å². The lowest BCUT2D eigenvalue weighted by atomic mass is 10.5. The van der Waals surface area contributed by atoms with Gasteiger partial charge in [-0.25, -0.2) is 4.98 Å². The van der Waals surface area contributed by atoms with Crippen LogP contribution in [0.5, 0.6) is 0 Å². The summed E-state index contributed by atoms with van der Waals surface area (Å²) in [7, 11) is 0. The number of aromatic nitrogens is 3. The first-order valence-electron chi connectivity index (χ1n) is 3.88. The molecule has 0 unspecified atom stereocenters. The van der Waals surface area contributed by atoms with E-state index in [9.17, 15) is 0 Å². The Morgan fingerprint density at radius 3 is 3.15 bits per heavy atom. The van der Waals surface area contributed by atoms with Crippen molar-refractivity contribution in [3.8, 4) is 0 Å². The Bertz CT molecular complexity index is 366. The van der Waals surface area contributed by atoms with Gasteiger partial charge in [-0.2, -0.15) is 5.10 Å². The molecule has 68 valence electrons. The molecule has 0 amide bonds. The monoisotopic (exact) mass is 211 g/mol. The van der Waals surface area contributed by atoms with Crippen molar-refractivity contribution in [2.24, 2.45) is 0 Å². The summed E-state index contributed by atoms with van der Waals surface area (Å²) in [4.78, 5) is 4.36. The molecule has 2 aromatic heterocycles. The molecule has 2 aromatic rings. The highest BCUT2D eigenvalue weighted by molar-refractivity contribution is 8.00. The Labute approximate surface area is 84.6 Å². The van der Waals surface area contributed by atoms with Gasteiger partial charge >= 0.3 is 0 Å². The number of hydrogen-bond donors (Lipinski definition) is 1. The van der Waals surface area contributed by atoms with Gasteiger partial charge < -0.3 is 0 Å². The molecule has 0 atom stereocenters. The van der Waals surface area contributed by atoms with Crippen LogP contribution in [-0.4, -0.2) is 15.2 Å². The van der Waals surface area contributed by atoms with Gasteiger partial charge in [0.05, 0.1) is 0 Å². The maximum Gasteiger partial charge on any atom is 0.150 e. The third-order valence-electron chi connectivity index (χ3n) is 1.51. The molecular formula is C8H9N3S2. The summed E-state index contributed by atoms with van der Waals surface area (Å²) < 4.78 is 1.12. The molecule has 0 aliphatic rings. The number of hydrogen-bond acceptors (Lipinski definition) is 4. The predicted molar refractivity (Wildman–Crippen MR) is 55.0 cm³/mol. The summed E-state index contributed by atoms with van der Waals surface area (Å²) in [5, 5.41) is 8.87. The lowest BCUT2D eigenvalue weighted by Gasteiger charge is -1.92. The van der Waals surface area contributed by atoms with E-state index in [-0.39, 0.29) is 0 Å². The maximum atomic E-state index is 4.36. The zero-order valence-corrected chi connectivity index (χ0v) is 8.78. The van der Waals surface area contributed by atoms with Gasteiger partial charge in [-0.15, -0.1) is 11.3 Å². The molecule has 3 nitrogen and oxygen atoms in total. The van der Waals surface area contributed by atoms with Crippen LogP contribution >= 0.6 is 23.1 Å².